The fraction of sp³-hybridized carbons (Fsp3) is 0.346. The molecule has 0 fully saturated rings. The second kappa shape index (κ2) is 10.9. The van der Waals surface area contributed by atoms with E-state index in [2.05, 4.69) is 29.4 Å². The van der Waals surface area contributed by atoms with Crippen LogP contribution >= 0.6 is 11.8 Å². The van der Waals surface area contributed by atoms with Gasteiger partial charge in [-0.3, -0.25) is 23.4 Å². The summed E-state index contributed by atoms with van der Waals surface area (Å²) in [6.07, 6.45) is 1.81. The molecule has 0 unspecified atom stereocenters. The van der Waals surface area contributed by atoms with Crippen molar-refractivity contribution in [2.75, 3.05) is 11.1 Å². The number of ketones is 1. The van der Waals surface area contributed by atoms with Crippen molar-refractivity contribution in [1.82, 2.24) is 19.2 Å². The molecule has 0 saturated carbocycles. The second-order valence-electron chi connectivity index (χ2n) is 8.88. The highest BCUT2D eigenvalue weighted by atomic mass is 32.2. The van der Waals surface area contributed by atoms with Gasteiger partial charge in [0.15, 0.2) is 10.9 Å². The molecule has 2 heterocycles. The minimum absolute atomic E-state index is 0.0554. The van der Waals surface area contributed by atoms with Gasteiger partial charge in [-0.15, -0.1) is 10.2 Å². The lowest BCUT2D eigenvalue weighted by atomic mass is 10.1. The lowest BCUT2D eigenvalue weighted by Crippen LogP contribution is -2.24. The maximum atomic E-state index is 13.1. The lowest BCUT2D eigenvalue weighted by Gasteiger charge is -2.12. The number of carbonyl (C=O) groups excluding carboxylic acids is 2. The lowest BCUT2D eigenvalue weighted by molar-refractivity contribution is -0.116. The number of hydrogen-bond donors (Lipinski definition) is 1. The molecule has 0 aliphatic heterocycles. The number of nitrogens with one attached hydrogen (secondary N) is 1. The van der Waals surface area contributed by atoms with Crippen LogP contribution < -0.4 is 10.9 Å². The van der Waals surface area contributed by atoms with Gasteiger partial charge in [0.2, 0.25) is 11.7 Å². The van der Waals surface area contributed by atoms with E-state index in [0.29, 0.717) is 58.6 Å². The zero-order valence-electron chi connectivity index (χ0n) is 20.2. The Balaban J connectivity index is 1.48. The number of benzene rings is 2. The molecular formula is C26H29N5O3S. The van der Waals surface area contributed by atoms with Gasteiger partial charge >= 0.3 is 0 Å². The molecule has 0 aliphatic rings. The zero-order valence-corrected chi connectivity index (χ0v) is 21.0. The normalized spacial score (nSPS) is 11.4. The number of thioether (sulfide) groups is 1. The summed E-state index contributed by atoms with van der Waals surface area (Å²) in [5.41, 5.74) is 1.76. The molecule has 0 atom stereocenters. The summed E-state index contributed by atoms with van der Waals surface area (Å²) in [7, 11) is 0. The van der Waals surface area contributed by atoms with Crippen LogP contribution in [0.25, 0.3) is 16.7 Å². The quantitative estimate of drug-likeness (QED) is 0.194. The maximum absolute atomic E-state index is 13.1. The van der Waals surface area contributed by atoms with Crippen molar-refractivity contribution in [2.45, 2.75) is 51.7 Å². The Morgan fingerprint density at radius 1 is 1.06 bits per heavy atom. The van der Waals surface area contributed by atoms with Crippen LogP contribution in [-0.4, -0.2) is 36.6 Å². The van der Waals surface area contributed by atoms with Gasteiger partial charge in [0, 0.05) is 24.3 Å². The third-order valence-corrected chi connectivity index (χ3v) is 6.78. The van der Waals surface area contributed by atoms with E-state index in [1.165, 1.54) is 18.7 Å². The van der Waals surface area contributed by atoms with Crippen LogP contribution in [0.3, 0.4) is 0 Å². The SMILES string of the molecule is CC(=O)c1ccccc1NC(=O)CCCSc1nnc2n(CCC(C)C)c(=O)c3ccccc3n12. The van der Waals surface area contributed by atoms with Gasteiger partial charge in [0.05, 0.1) is 16.6 Å². The van der Waals surface area contributed by atoms with E-state index < -0.39 is 0 Å². The zero-order chi connectivity index (χ0) is 24.9. The molecule has 1 amide bonds. The Hall–Kier alpha value is -3.46. The third-order valence-electron chi connectivity index (χ3n) is 5.77. The minimum atomic E-state index is -0.140. The summed E-state index contributed by atoms with van der Waals surface area (Å²) in [5, 5.41) is 12.9. The molecule has 9 heteroatoms. The Morgan fingerprint density at radius 3 is 2.57 bits per heavy atom. The first-order valence-corrected chi connectivity index (χ1v) is 12.7. The Kier molecular flexibility index (Phi) is 7.65. The molecule has 0 radical (unpaired) electrons. The van der Waals surface area contributed by atoms with Crippen LogP contribution in [-0.2, 0) is 11.3 Å². The molecule has 182 valence electrons. The molecule has 4 aromatic rings. The summed E-state index contributed by atoms with van der Waals surface area (Å²) in [6, 6.07) is 14.5. The number of aromatic nitrogens is 4. The molecule has 1 N–H and O–H groups in total. The van der Waals surface area contributed by atoms with Crippen LogP contribution in [0.1, 0.15) is 50.4 Å². The molecule has 4 rings (SSSR count). The highest BCUT2D eigenvalue weighted by Crippen LogP contribution is 2.23. The summed E-state index contributed by atoms with van der Waals surface area (Å²) < 4.78 is 3.64. The van der Waals surface area contributed by atoms with Crippen molar-refractivity contribution >= 4 is 45.8 Å². The summed E-state index contributed by atoms with van der Waals surface area (Å²) in [6.45, 7) is 6.32. The van der Waals surface area contributed by atoms with Gasteiger partial charge in [0.1, 0.15) is 0 Å². The Morgan fingerprint density at radius 2 is 1.80 bits per heavy atom. The van der Waals surface area contributed by atoms with Crippen molar-refractivity contribution < 1.29 is 9.59 Å². The van der Waals surface area contributed by atoms with Crippen LogP contribution in [0, 0.1) is 5.92 Å². The first-order chi connectivity index (χ1) is 16.9. The first-order valence-electron chi connectivity index (χ1n) is 11.8. The van der Waals surface area contributed by atoms with Crippen LogP contribution in [0.15, 0.2) is 58.5 Å². The van der Waals surface area contributed by atoms with E-state index >= 15 is 0 Å². The number of para-hydroxylation sites is 2. The van der Waals surface area contributed by atoms with Crippen molar-refractivity contribution in [3.8, 4) is 0 Å². The average Bonchev–Trinajstić information content (AvgIpc) is 3.25. The molecule has 0 aliphatic carbocycles. The standard InChI is InChI=1S/C26H29N5O3S/c1-17(2)14-15-30-24(34)20-10-5-7-12-22(20)31-25(30)28-29-26(31)35-16-8-13-23(33)27-21-11-6-4-9-19(21)18(3)32/h4-7,9-12,17H,8,13-16H2,1-3H3,(H,27,33). The van der Waals surface area contributed by atoms with Gasteiger partial charge < -0.3 is 5.32 Å². The van der Waals surface area contributed by atoms with Crippen LogP contribution in [0.4, 0.5) is 5.69 Å². The monoisotopic (exact) mass is 491 g/mol. The van der Waals surface area contributed by atoms with Crippen molar-refractivity contribution in [1.29, 1.82) is 0 Å². The first kappa shape index (κ1) is 24.7. The summed E-state index contributed by atoms with van der Waals surface area (Å²) in [5.74, 6) is 1.42. The van der Waals surface area contributed by atoms with Crippen LogP contribution in [0.5, 0.6) is 0 Å². The Labute approximate surface area is 207 Å². The average molecular weight is 492 g/mol. The van der Waals surface area contributed by atoms with E-state index in [1.807, 2.05) is 28.7 Å². The molecule has 35 heavy (non-hydrogen) atoms. The molecule has 0 bridgehead atoms. The molecule has 8 nitrogen and oxygen atoms in total. The topological polar surface area (TPSA) is 98.4 Å². The summed E-state index contributed by atoms with van der Waals surface area (Å²) >= 11 is 1.51. The third kappa shape index (κ3) is 5.45. The number of carbonyl (C=O) groups is 2. The highest BCUT2D eigenvalue weighted by Gasteiger charge is 2.17. The number of anilines is 1. The second-order valence-corrected chi connectivity index (χ2v) is 9.94. The number of fused-ring (bicyclic) bond motifs is 3. The van der Waals surface area contributed by atoms with E-state index in [9.17, 15) is 14.4 Å². The fourth-order valence-corrected chi connectivity index (χ4v) is 4.80. The van der Waals surface area contributed by atoms with Gasteiger partial charge in [-0.05, 0) is 49.9 Å². The minimum Gasteiger partial charge on any atom is -0.325 e. The number of nitrogens with zero attached hydrogens (tertiary/aromatic N) is 4. The summed E-state index contributed by atoms with van der Waals surface area (Å²) in [4.78, 5) is 37.3. The van der Waals surface area contributed by atoms with Crippen LogP contribution in [0.2, 0.25) is 0 Å². The molecule has 0 saturated heterocycles. The largest absolute Gasteiger partial charge is 0.325 e. The van der Waals surface area contributed by atoms with E-state index in [-0.39, 0.29) is 17.2 Å². The van der Waals surface area contributed by atoms with Gasteiger partial charge in [-0.1, -0.05) is 49.9 Å². The number of aryl methyl sites for hydroxylation is 1. The maximum Gasteiger partial charge on any atom is 0.262 e. The van der Waals surface area contributed by atoms with E-state index in [1.54, 1.807) is 28.8 Å². The van der Waals surface area contributed by atoms with Crippen molar-refractivity contribution in [3.05, 3.63) is 64.4 Å². The molecule has 2 aromatic carbocycles. The van der Waals surface area contributed by atoms with Crippen molar-refractivity contribution in [3.63, 3.8) is 0 Å². The fourth-order valence-electron chi connectivity index (χ4n) is 3.92. The molecular weight excluding hydrogens is 462 g/mol. The highest BCUT2D eigenvalue weighted by molar-refractivity contribution is 7.99. The van der Waals surface area contributed by atoms with Gasteiger partial charge in [0.25, 0.3) is 5.56 Å². The Bertz CT molecular complexity index is 1440. The number of amides is 1. The van der Waals surface area contributed by atoms with Crippen molar-refractivity contribution in [2.24, 2.45) is 5.92 Å². The predicted molar refractivity (Wildman–Crippen MR) is 139 cm³/mol. The number of rotatable bonds is 10. The van der Waals surface area contributed by atoms with Gasteiger partial charge in [-0.25, -0.2) is 0 Å². The number of hydrogen-bond acceptors (Lipinski definition) is 6. The van der Waals surface area contributed by atoms with E-state index in [4.69, 9.17) is 0 Å². The smallest absolute Gasteiger partial charge is 0.262 e. The predicted octanol–water partition coefficient (Wildman–Crippen LogP) is 4.80. The number of Topliss-reactive ketones (excluding diaryl/α,β-unsaturated/α-hetero) is 1. The molecule has 0 spiro atoms. The van der Waals surface area contributed by atoms with Gasteiger partial charge in [-0.2, -0.15) is 0 Å². The molecule has 2 aromatic heterocycles. The van der Waals surface area contributed by atoms with E-state index in [0.717, 1.165) is 11.9 Å².